The minimum Gasteiger partial charge on any atom is -0.475 e. The Morgan fingerprint density at radius 2 is 1.89 bits per heavy atom. The minimum atomic E-state index is -1.10. The van der Waals surface area contributed by atoms with E-state index in [1.165, 1.54) is 11.0 Å². The van der Waals surface area contributed by atoms with Crippen LogP contribution in [0.1, 0.15) is 10.6 Å². The van der Waals surface area contributed by atoms with Gasteiger partial charge in [0.05, 0.1) is 0 Å². The van der Waals surface area contributed by atoms with Crippen LogP contribution in [-0.4, -0.2) is 24.5 Å². The number of carboxylic acid groups (broad SMARTS) is 1. The number of hydrogen-bond acceptors (Lipinski definition) is 3. The van der Waals surface area contributed by atoms with Gasteiger partial charge in [-0.15, -0.1) is 0 Å². The van der Waals surface area contributed by atoms with Gasteiger partial charge in [0.2, 0.25) is 12.2 Å². The van der Waals surface area contributed by atoms with Gasteiger partial charge in [-0.3, -0.25) is 4.79 Å². The summed E-state index contributed by atoms with van der Waals surface area (Å²) in [7, 11) is 1.65. The summed E-state index contributed by atoms with van der Waals surface area (Å²) in [6.07, 6.45) is 0.713. The van der Waals surface area contributed by atoms with Crippen LogP contribution in [0.2, 0.25) is 0 Å². The highest BCUT2D eigenvalue weighted by atomic mass is 16.4. The largest absolute Gasteiger partial charge is 0.475 e. The number of carbonyl (C=O) groups excluding carboxylic acids is 1. The Hall–Kier alpha value is -2.56. The molecule has 0 fully saturated rings. The molecule has 1 aromatic carbocycles. The molecule has 0 bridgehead atoms. The van der Waals surface area contributed by atoms with Crippen molar-refractivity contribution in [2.75, 3.05) is 11.9 Å². The third-order valence-corrected chi connectivity index (χ3v) is 2.53. The zero-order chi connectivity index (χ0) is 13.1. The standard InChI is InChI=1S/C13H11NO4/c1-14(8-15)10-4-2-9(3-5-10)11-6-7-12(18-11)13(16)17/h2-8H,1H3,(H,16,17). The first-order valence-corrected chi connectivity index (χ1v) is 5.23. The van der Waals surface area contributed by atoms with Gasteiger partial charge in [0.15, 0.2) is 0 Å². The number of carbonyl (C=O) groups is 2. The first-order valence-electron chi connectivity index (χ1n) is 5.23. The van der Waals surface area contributed by atoms with Crippen molar-refractivity contribution in [1.82, 2.24) is 0 Å². The van der Waals surface area contributed by atoms with E-state index in [0.717, 1.165) is 11.3 Å². The molecule has 0 atom stereocenters. The van der Waals surface area contributed by atoms with Crippen LogP contribution in [0.15, 0.2) is 40.8 Å². The first kappa shape index (κ1) is 11.9. The molecule has 0 saturated heterocycles. The van der Waals surface area contributed by atoms with Gasteiger partial charge in [-0.1, -0.05) is 0 Å². The highest BCUT2D eigenvalue weighted by Gasteiger charge is 2.10. The van der Waals surface area contributed by atoms with Crippen molar-refractivity contribution in [2.24, 2.45) is 0 Å². The first-order chi connectivity index (χ1) is 8.61. The Labute approximate surface area is 103 Å². The molecule has 2 rings (SSSR count). The average Bonchev–Trinajstić information content (AvgIpc) is 2.88. The molecule has 1 heterocycles. The van der Waals surface area contributed by atoms with Crippen LogP contribution in [0, 0.1) is 0 Å². The fourth-order valence-corrected chi connectivity index (χ4v) is 1.53. The van der Waals surface area contributed by atoms with E-state index in [9.17, 15) is 9.59 Å². The summed E-state index contributed by atoms with van der Waals surface area (Å²) in [5, 5.41) is 8.75. The quantitative estimate of drug-likeness (QED) is 0.838. The van der Waals surface area contributed by atoms with Gasteiger partial charge in [-0.25, -0.2) is 4.79 Å². The molecule has 1 amide bonds. The lowest BCUT2D eigenvalue weighted by molar-refractivity contribution is -0.107. The zero-order valence-electron chi connectivity index (χ0n) is 9.66. The molecule has 2 aromatic rings. The molecule has 92 valence electrons. The van der Waals surface area contributed by atoms with E-state index in [2.05, 4.69) is 0 Å². The summed E-state index contributed by atoms with van der Waals surface area (Å²) in [6.45, 7) is 0. The maximum absolute atomic E-state index is 10.7. The maximum atomic E-state index is 10.7. The molecule has 5 heteroatoms. The Morgan fingerprint density at radius 1 is 1.22 bits per heavy atom. The van der Waals surface area contributed by atoms with Crippen molar-refractivity contribution in [2.45, 2.75) is 0 Å². The van der Waals surface area contributed by atoms with Gasteiger partial charge in [0.1, 0.15) is 5.76 Å². The Kier molecular flexibility index (Phi) is 3.14. The number of carboxylic acids is 1. The molecule has 0 aliphatic carbocycles. The average molecular weight is 245 g/mol. The van der Waals surface area contributed by atoms with Crippen LogP contribution in [0.4, 0.5) is 5.69 Å². The fraction of sp³-hybridized carbons (Fsp3) is 0.0769. The summed E-state index contributed by atoms with van der Waals surface area (Å²) in [4.78, 5) is 22.7. The van der Waals surface area contributed by atoms with E-state index < -0.39 is 5.97 Å². The SMILES string of the molecule is CN(C=O)c1ccc(-c2ccc(C(=O)O)o2)cc1. The summed E-state index contributed by atoms with van der Waals surface area (Å²) < 4.78 is 5.18. The van der Waals surface area contributed by atoms with Crippen LogP contribution >= 0.6 is 0 Å². The van der Waals surface area contributed by atoms with Gasteiger partial charge in [-0.2, -0.15) is 0 Å². The monoisotopic (exact) mass is 245 g/mol. The smallest absolute Gasteiger partial charge is 0.371 e. The van der Waals surface area contributed by atoms with E-state index in [-0.39, 0.29) is 5.76 Å². The number of benzene rings is 1. The van der Waals surface area contributed by atoms with E-state index in [0.29, 0.717) is 12.2 Å². The predicted octanol–water partition coefficient (Wildman–Crippen LogP) is 2.24. The molecular weight excluding hydrogens is 234 g/mol. The summed E-state index contributed by atoms with van der Waals surface area (Å²) >= 11 is 0. The second-order valence-corrected chi connectivity index (χ2v) is 3.73. The Morgan fingerprint density at radius 3 is 2.39 bits per heavy atom. The molecule has 1 aromatic heterocycles. The number of aromatic carboxylic acids is 1. The second-order valence-electron chi connectivity index (χ2n) is 3.73. The lowest BCUT2D eigenvalue weighted by Crippen LogP contribution is -2.13. The van der Waals surface area contributed by atoms with Crippen molar-refractivity contribution in [1.29, 1.82) is 0 Å². The van der Waals surface area contributed by atoms with Gasteiger partial charge < -0.3 is 14.4 Å². The molecular formula is C13H11NO4. The van der Waals surface area contributed by atoms with Crippen molar-refractivity contribution in [3.63, 3.8) is 0 Å². The number of hydrogen-bond donors (Lipinski definition) is 1. The number of anilines is 1. The van der Waals surface area contributed by atoms with Gasteiger partial charge in [0.25, 0.3) is 0 Å². The lowest BCUT2D eigenvalue weighted by Gasteiger charge is -2.10. The highest BCUT2D eigenvalue weighted by Crippen LogP contribution is 2.24. The summed E-state index contributed by atoms with van der Waals surface area (Å²) in [5.41, 5.74) is 1.50. The van der Waals surface area contributed by atoms with Crippen molar-refractivity contribution >= 4 is 18.1 Å². The van der Waals surface area contributed by atoms with Crippen molar-refractivity contribution < 1.29 is 19.1 Å². The molecule has 0 spiro atoms. The predicted molar refractivity (Wildman–Crippen MR) is 65.6 cm³/mol. The molecule has 0 radical (unpaired) electrons. The summed E-state index contributed by atoms with van der Waals surface area (Å²) in [6, 6.07) is 10.0. The van der Waals surface area contributed by atoms with Crippen molar-refractivity contribution in [3.05, 3.63) is 42.2 Å². The molecule has 0 aliphatic rings. The molecule has 5 nitrogen and oxygen atoms in total. The number of nitrogens with zero attached hydrogens (tertiary/aromatic N) is 1. The van der Waals surface area contributed by atoms with Crippen LogP contribution in [0.5, 0.6) is 0 Å². The molecule has 0 unspecified atom stereocenters. The molecule has 18 heavy (non-hydrogen) atoms. The van der Waals surface area contributed by atoms with Crippen LogP contribution in [0.25, 0.3) is 11.3 Å². The van der Waals surface area contributed by atoms with E-state index in [1.807, 2.05) is 0 Å². The zero-order valence-corrected chi connectivity index (χ0v) is 9.66. The van der Waals surface area contributed by atoms with Crippen LogP contribution in [-0.2, 0) is 4.79 Å². The van der Waals surface area contributed by atoms with Gasteiger partial charge in [0, 0.05) is 18.3 Å². The Balaban J connectivity index is 2.28. The normalized spacial score (nSPS) is 10.1. The van der Waals surface area contributed by atoms with E-state index in [1.54, 1.807) is 37.4 Å². The van der Waals surface area contributed by atoms with Crippen molar-refractivity contribution in [3.8, 4) is 11.3 Å². The Bertz CT molecular complexity index is 571. The van der Waals surface area contributed by atoms with Crippen LogP contribution < -0.4 is 4.90 Å². The molecule has 0 aliphatic heterocycles. The minimum absolute atomic E-state index is 0.0981. The third kappa shape index (κ3) is 2.24. The lowest BCUT2D eigenvalue weighted by atomic mass is 10.1. The van der Waals surface area contributed by atoms with Crippen LogP contribution in [0.3, 0.4) is 0 Å². The fourth-order valence-electron chi connectivity index (χ4n) is 1.53. The highest BCUT2D eigenvalue weighted by molar-refractivity contribution is 5.85. The second kappa shape index (κ2) is 4.75. The molecule has 1 N–H and O–H groups in total. The number of furan rings is 1. The van der Waals surface area contributed by atoms with Gasteiger partial charge in [-0.05, 0) is 36.4 Å². The van der Waals surface area contributed by atoms with E-state index >= 15 is 0 Å². The molecule has 0 saturated carbocycles. The topological polar surface area (TPSA) is 70.8 Å². The maximum Gasteiger partial charge on any atom is 0.371 e. The third-order valence-electron chi connectivity index (χ3n) is 2.53. The number of amides is 1. The summed E-state index contributed by atoms with van der Waals surface area (Å²) in [5.74, 6) is -0.717. The number of rotatable bonds is 4. The van der Waals surface area contributed by atoms with Gasteiger partial charge >= 0.3 is 5.97 Å². The van der Waals surface area contributed by atoms with E-state index in [4.69, 9.17) is 9.52 Å².